The Morgan fingerprint density at radius 1 is 1.20 bits per heavy atom. The maximum Gasteiger partial charge on any atom is 0.140 e. The van der Waals surface area contributed by atoms with Gasteiger partial charge in [0.25, 0.3) is 0 Å². The molecule has 3 heteroatoms. The van der Waals surface area contributed by atoms with Gasteiger partial charge in [-0.15, -0.1) is 0 Å². The molecule has 15 heavy (non-hydrogen) atoms. The van der Waals surface area contributed by atoms with Gasteiger partial charge in [0.2, 0.25) is 0 Å². The number of aromatic nitrogens is 3. The molecular formula is C12H15N3. The van der Waals surface area contributed by atoms with Crippen molar-refractivity contribution in [2.75, 3.05) is 0 Å². The van der Waals surface area contributed by atoms with Crippen molar-refractivity contribution in [3.05, 3.63) is 42.1 Å². The van der Waals surface area contributed by atoms with Gasteiger partial charge >= 0.3 is 0 Å². The van der Waals surface area contributed by atoms with Crippen molar-refractivity contribution in [2.24, 2.45) is 0 Å². The second-order valence-electron chi connectivity index (χ2n) is 3.95. The van der Waals surface area contributed by atoms with Crippen LogP contribution in [0.25, 0.3) is 5.82 Å². The largest absolute Gasteiger partial charge is 0.287 e. The van der Waals surface area contributed by atoms with Crippen LogP contribution < -0.4 is 0 Å². The first-order valence-corrected chi connectivity index (χ1v) is 5.15. The third-order valence-electron chi connectivity index (χ3n) is 2.40. The second kappa shape index (κ2) is 3.85. The summed E-state index contributed by atoms with van der Waals surface area (Å²) >= 11 is 0. The molecule has 0 aliphatic heterocycles. The molecule has 0 unspecified atom stereocenters. The van der Waals surface area contributed by atoms with Crippen molar-refractivity contribution in [1.82, 2.24) is 14.5 Å². The first-order chi connectivity index (χ1) is 7.20. The third-order valence-corrected chi connectivity index (χ3v) is 2.40. The lowest BCUT2D eigenvalue weighted by Gasteiger charge is -2.11. The monoisotopic (exact) mass is 201 g/mol. The van der Waals surface area contributed by atoms with Crippen LogP contribution in [0.3, 0.4) is 0 Å². The molecule has 0 aliphatic rings. The van der Waals surface area contributed by atoms with Gasteiger partial charge < -0.3 is 0 Å². The summed E-state index contributed by atoms with van der Waals surface area (Å²) in [6, 6.07) is 4.01. The van der Waals surface area contributed by atoms with E-state index in [0.717, 1.165) is 17.2 Å². The molecule has 0 spiro atoms. The summed E-state index contributed by atoms with van der Waals surface area (Å²) in [4.78, 5) is 8.74. The fourth-order valence-electron chi connectivity index (χ4n) is 1.65. The minimum Gasteiger partial charge on any atom is -0.287 e. The lowest BCUT2D eigenvalue weighted by Crippen LogP contribution is -2.05. The number of hydrogen-bond acceptors (Lipinski definition) is 2. The van der Waals surface area contributed by atoms with Crippen molar-refractivity contribution in [2.45, 2.75) is 26.7 Å². The lowest BCUT2D eigenvalue weighted by molar-refractivity contribution is 0.741. The molecule has 0 aromatic carbocycles. The molecule has 2 rings (SSSR count). The Balaban J connectivity index is 2.55. The molecule has 0 N–H and O–H groups in total. The highest BCUT2D eigenvalue weighted by Crippen LogP contribution is 2.17. The number of rotatable bonds is 2. The maximum atomic E-state index is 4.39. The van der Waals surface area contributed by atoms with E-state index in [2.05, 4.69) is 41.4 Å². The summed E-state index contributed by atoms with van der Waals surface area (Å²) < 4.78 is 2.06. The SMILES string of the molecule is Cc1cccnc1-n1ccnc1C(C)C. The average Bonchev–Trinajstić information content (AvgIpc) is 2.67. The van der Waals surface area contributed by atoms with Crippen molar-refractivity contribution < 1.29 is 0 Å². The highest BCUT2D eigenvalue weighted by Gasteiger charge is 2.10. The first-order valence-electron chi connectivity index (χ1n) is 5.15. The van der Waals surface area contributed by atoms with Crippen LogP contribution in [-0.2, 0) is 0 Å². The van der Waals surface area contributed by atoms with E-state index in [0.29, 0.717) is 5.92 Å². The van der Waals surface area contributed by atoms with E-state index in [1.54, 1.807) is 0 Å². The number of nitrogens with zero attached hydrogens (tertiary/aromatic N) is 3. The van der Waals surface area contributed by atoms with Gasteiger partial charge in [-0.05, 0) is 18.6 Å². The summed E-state index contributed by atoms with van der Waals surface area (Å²) in [6.45, 7) is 6.33. The molecule has 2 heterocycles. The molecule has 0 bridgehead atoms. The van der Waals surface area contributed by atoms with Gasteiger partial charge in [0.1, 0.15) is 11.6 Å². The Hall–Kier alpha value is -1.64. The molecule has 0 amide bonds. The van der Waals surface area contributed by atoms with Crippen molar-refractivity contribution >= 4 is 0 Å². The van der Waals surface area contributed by atoms with Gasteiger partial charge in [-0.1, -0.05) is 19.9 Å². The zero-order valence-corrected chi connectivity index (χ0v) is 9.31. The Kier molecular flexibility index (Phi) is 2.54. The van der Waals surface area contributed by atoms with Crippen LogP contribution in [0.15, 0.2) is 30.7 Å². The third kappa shape index (κ3) is 1.77. The zero-order chi connectivity index (χ0) is 10.8. The molecule has 0 saturated heterocycles. The fourth-order valence-corrected chi connectivity index (χ4v) is 1.65. The predicted molar refractivity (Wildman–Crippen MR) is 60.2 cm³/mol. The topological polar surface area (TPSA) is 30.7 Å². The Morgan fingerprint density at radius 2 is 2.00 bits per heavy atom. The number of aryl methyl sites for hydroxylation is 1. The standard InChI is InChI=1S/C12H15N3/c1-9(2)11-14-7-8-15(11)12-10(3)5-4-6-13-12/h4-9H,1-3H3. The van der Waals surface area contributed by atoms with Crippen LogP contribution in [0.5, 0.6) is 0 Å². The van der Waals surface area contributed by atoms with E-state index >= 15 is 0 Å². The highest BCUT2D eigenvalue weighted by atomic mass is 15.1. The molecule has 0 atom stereocenters. The molecule has 0 saturated carbocycles. The molecule has 0 radical (unpaired) electrons. The summed E-state index contributed by atoms with van der Waals surface area (Å²) in [7, 11) is 0. The Bertz CT molecular complexity index is 457. The van der Waals surface area contributed by atoms with Gasteiger partial charge in [-0.25, -0.2) is 9.97 Å². The molecular weight excluding hydrogens is 186 g/mol. The number of hydrogen-bond donors (Lipinski definition) is 0. The van der Waals surface area contributed by atoms with Crippen LogP contribution in [0, 0.1) is 6.92 Å². The van der Waals surface area contributed by atoms with E-state index in [9.17, 15) is 0 Å². The second-order valence-corrected chi connectivity index (χ2v) is 3.95. The van der Waals surface area contributed by atoms with Crippen LogP contribution in [-0.4, -0.2) is 14.5 Å². The molecule has 78 valence electrons. The van der Waals surface area contributed by atoms with Crippen molar-refractivity contribution in [3.8, 4) is 5.82 Å². The van der Waals surface area contributed by atoms with Gasteiger partial charge in [-0.3, -0.25) is 4.57 Å². The molecule has 3 nitrogen and oxygen atoms in total. The number of imidazole rings is 1. The smallest absolute Gasteiger partial charge is 0.140 e. The zero-order valence-electron chi connectivity index (χ0n) is 9.31. The van der Waals surface area contributed by atoms with Gasteiger partial charge in [-0.2, -0.15) is 0 Å². The molecule has 0 aliphatic carbocycles. The van der Waals surface area contributed by atoms with Gasteiger partial charge in [0.15, 0.2) is 0 Å². The van der Waals surface area contributed by atoms with Gasteiger partial charge in [0.05, 0.1) is 0 Å². The Labute approximate surface area is 89.8 Å². The number of pyridine rings is 1. The first kappa shape index (κ1) is 9.90. The van der Waals surface area contributed by atoms with Crippen LogP contribution >= 0.6 is 0 Å². The van der Waals surface area contributed by atoms with Crippen LogP contribution in [0.1, 0.15) is 31.2 Å². The normalized spacial score (nSPS) is 10.9. The van der Waals surface area contributed by atoms with E-state index in [4.69, 9.17) is 0 Å². The molecule has 2 aromatic rings. The minimum absolute atomic E-state index is 0.404. The van der Waals surface area contributed by atoms with Gasteiger partial charge in [0, 0.05) is 24.5 Å². The highest BCUT2D eigenvalue weighted by molar-refractivity contribution is 5.33. The maximum absolute atomic E-state index is 4.39. The summed E-state index contributed by atoms with van der Waals surface area (Å²) in [5, 5.41) is 0. The average molecular weight is 201 g/mol. The predicted octanol–water partition coefficient (Wildman–Crippen LogP) is 2.70. The van der Waals surface area contributed by atoms with Crippen LogP contribution in [0.2, 0.25) is 0 Å². The minimum atomic E-state index is 0.404. The van der Waals surface area contributed by atoms with Crippen molar-refractivity contribution in [1.29, 1.82) is 0 Å². The molecule has 2 aromatic heterocycles. The van der Waals surface area contributed by atoms with E-state index < -0.39 is 0 Å². The van der Waals surface area contributed by atoms with Crippen molar-refractivity contribution in [3.63, 3.8) is 0 Å². The quantitative estimate of drug-likeness (QED) is 0.748. The van der Waals surface area contributed by atoms with E-state index in [1.165, 1.54) is 0 Å². The fraction of sp³-hybridized carbons (Fsp3) is 0.333. The van der Waals surface area contributed by atoms with E-state index in [-0.39, 0.29) is 0 Å². The summed E-state index contributed by atoms with van der Waals surface area (Å²) in [5.41, 5.74) is 1.16. The summed E-state index contributed by atoms with van der Waals surface area (Å²) in [6.07, 6.45) is 5.60. The van der Waals surface area contributed by atoms with E-state index in [1.807, 2.05) is 24.7 Å². The summed E-state index contributed by atoms with van der Waals surface area (Å²) in [5.74, 6) is 2.43. The molecule has 0 fully saturated rings. The van der Waals surface area contributed by atoms with Crippen LogP contribution in [0.4, 0.5) is 0 Å². The lowest BCUT2D eigenvalue weighted by atomic mass is 10.2. The Morgan fingerprint density at radius 3 is 2.67 bits per heavy atom.